The lowest BCUT2D eigenvalue weighted by Gasteiger charge is -2.40. The largest absolute Gasteiger partial charge is 0.497 e. The number of methoxy groups -OCH3 is 1. The number of nitrogens with one attached hydrogen (secondary N) is 2. The Hall–Kier alpha value is -3.68. The van der Waals surface area contributed by atoms with Crippen molar-refractivity contribution in [2.75, 3.05) is 17.3 Å². The number of carbonyl (C=O) groups is 2. The van der Waals surface area contributed by atoms with Crippen molar-refractivity contribution in [3.05, 3.63) is 66.0 Å². The van der Waals surface area contributed by atoms with Crippen LogP contribution in [0.1, 0.15) is 30.0 Å². The molecule has 2 N–H and O–H groups in total. The standard InChI is InChI=1S/C22H23N5O3/c1-14-3-7-16(8-4-14)27-19(28)12-11-18(21(29)25-22-23-13-24-26-22)20(27)15-5-9-17(30-2)10-6-15/h3-10,13,18,20H,11-12H2,1-2H3,(H2,23,24,25,26,29). The fourth-order valence-corrected chi connectivity index (χ4v) is 3.83. The number of piperidine rings is 1. The summed E-state index contributed by atoms with van der Waals surface area (Å²) < 4.78 is 5.27. The smallest absolute Gasteiger partial charge is 0.232 e. The third-order valence-electron chi connectivity index (χ3n) is 5.36. The van der Waals surface area contributed by atoms with Gasteiger partial charge in [-0.05, 0) is 43.2 Å². The molecule has 0 spiro atoms. The predicted molar refractivity (Wildman–Crippen MR) is 112 cm³/mol. The molecular formula is C22H23N5O3. The van der Waals surface area contributed by atoms with Gasteiger partial charge in [-0.3, -0.25) is 14.9 Å². The number of amides is 2. The Morgan fingerprint density at radius 3 is 2.53 bits per heavy atom. The first-order chi connectivity index (χ1) is 14.6. The average molecular weight is 405 g/mol. The van der Waals surface area contributed by atoms with E-state index in [1.807, 2.05) is 55.5 Å². The Labute approximate surface area is 174 Å². The molecule has 0 saturated carbocycles. The lowest BCUT2D eigenvalue weighted by atomic mass is 9.83. The first-order valence-electron chi connectivity index (χ1n) is 9.75. The highest BCUT2D eigenvalue weighted by atomic mass is 16.5. The molecule has 1 aliphatic heterocycles. The number of ether oxygens (including phenoxy) is 1. The van der Waals surface area contributed by atoms with Crippen molar-refractivity contribution < 1.29 is 14.3 Å². The summed E-state index contributed by atoms with van der Waals surface area (Å²) in [6.45, 7) is 2.00. The van der Waals surface area contributed by atoms with Crippen LogP contribution in [0.3, 0.4) is 0 Å². The van der Waals surface area contributed by atoms with Crippen LogP contribution in [0, 0.1) is 12.8 Å². The highest BCUT2D eigenvalue weighted by molar-refractivity contribution is 5.99. The molecule has 0 radical (unpaired) electrons. The zero-order valence-corrected chi connectivity index (χ0v) is 16.8. The summed E-state index contributed by atoms with van der Waals surface area (Å²) in [5.41, 5.74) is 2.73. The summed E-state index contributed by atoms with van der Waals surface area (Å²) in [4.78, 5) is 31.9. The minimum atomic E-state index is -0.456. The predicted octanol–water partition coefficient (Wildman–Crippen LogP) is 3.24. The monoisotopic (exact) mass is 405 g/mol. The molecule has 1 aliphatic rings. The summed E-state index contributed by atoms with van der Waals surface area (Å²) in [6.07, 6.45) is 2.06. The second-order valence-electron chi connectivity index (χ2n) is 7.29. The zero-order valence-electron chi connectivity index (χ0n) is 16.8. The fourth-order valence-electron chi connectivity index (χ4n) is 3.83. The number of rotatable bonds is 5. The SMILES string of the molecule is COc1ccc(C2C(C(=O)Nc3ncn[nH]3)CCC(=O)N2c2ccc(C)cc2)cc1. The van der Waals surface area contributed by atoms with Crippen LogP contribution in [-0.4, -0.2) is 34.1 Å². The summed E-state index contributed by atoms with van der Waals surface area (Å²) in [5, 5.41) is 9.19. The molecule has 8 heteroatoms. The number of hydrogen-bond acceptors (Lipinski definition) is 5. The first kappa shape index (κ1) is 19.6. The van der Waals surface area contributed by atoms with Crippen LogP contribution in [0.2, 0.25) is 0 Å². The average Bonchev–Trinajstić information content (AvgIpc) is 3.27. The van der Waals surface area contributed by atoms with Crippen molar-refractivity contribution in [1.29, 1.82) is 0 Å². The van der Waals surface area contributed by atoms with Gasteiger partial charge >= 0.3 is 0 Å². The van der Waals surface area contributed by atoms with Gasteiger partial charge in [-0.15, -0.1) is 0 Å². The lowest BCUT2D eigenvalue weighted by Crippen LogP contribution is -2.47. The molecule has 8 nitrogen and oxygen atoms in total. The molecule has 3 aromatic rings. The van der Waals surface area contributed by atoms with Gasteiger partial charge in [0, 0.05) is 12.1 Å². The molecule has 1 aromatic heterocycles. The van der Waals surface area contributed by atoms with E-state index < -0.39 is 12.0 Å². The Bertz CT molecular complexity index is 1020. The van der Waals surface area contributed by atoms with Gasteiger partial charge in [-0.2, -0.15) is 10.1 Å². The number of aromatic nitrogens is 3. The first-order valence-corrected chi connectivity index (χ1v) is 9.75. The topological polar surface area (TPSA) is 100 Å². The molecule has 0 bridgehead atoms. The summed E-state index contributed by atoms with van der Waals surface area (Å²) in [5.74, 6) is 0.320. The number of carbonyl (C=O) groups excluding carboxylic acids is 2. The maximum absolute atomic E-state index is 13.1. The highest BCUT2D eigenvalue weighted by Crippen LogP contribution is 2.40. The summed E-state index contributed by atoms with van der Waals surface area (Å²) in [7, 11) is 1.60. The van der Waals surface area contributed by atoms with E-state index in [1.165, 1.54) is 6.33 Å². The van der Waals surface area contributed by atoms with Crippen molar-refractivity contribution in [3.63, 3.8) is 0 Å². The van der Waals surface area contributed by atoms with E-state index in [4.69, 9.17) is 4.74 Å². The highest BCUT2D eigenvalue weighted by Gasteiger charge is 2.41. The normalized spacial score (nSPS) is 18.9. The van der Waals surface area contributed by atoms with Crippen molar-refractivity contribution >= 4 is 23.5 Å². The van der Waals surface area contributed by atoms with Gasteiger partial charge < -0.3 is 9.64 Å². The molecule has 4 rings (SSSR count). The second kappa shape index (κ2) is 8.36. The van der Waals surface area contributed by atoms with Crippen LogP contribution in [-0.2, 0) is 9.59 Å². The van der Waals surface area contributed by atoms with E-state index in [0.29, 0.717) is 12.2 Å². The maximum Gasteiger partial charge on any atom is 0.232 e. The molecular weight excluding hydrogens is 382 g/mol. The number of nitrogens with zero attached hydrogens (tertiary/aromatic N) is 3. The minimum Gasteiger partial charge on any atom is -0.497 e. The molecule has 2 aromatic carbocycles. The van der Waals surface area contributed by atoms with Gasteiger partial charge in [-0.25, -0.2) is 5.10 Å². The number of hydrogen-bond donors (Lipinski definition) is 2. The lowest BCUT2D eigenvalue weighted by molar-refractivity contribution is -0.126. The van der Waals surface area contributed by atoms with Crippen LogP contribution in [0.5, 0.6) is 5.75 Å². The van der Waals surface area contributed by atoms with Gasteiger partial charge in [-0.1, -0.05) is 29.8 Å². The second-order valence-corrected chi connectivity index (χ2v) is 7.29. The van der Waals surface area contributed by atoms with Crippen LogP contribution in [0.15, 0.2) is 54.9 Å². The molecule has 1 saturated heterocycles. The van der Waals surface area contributed by atoms with Crippen LogP contribution in [0.4, 0.5) is 11.6 Å². The summed E-state index contributed by atoms with van der Waals surface area (Å²) in [6, 6.07) is 14.8. The van der Waals surface area contributed by atoms with Crippen molar-refractivity contribution in [1.82, 2.24) is 15.2 Å². The minimum absolute atomic E-state index is 0.0108. The van der Waals surface area contributed by atoms with Crippen molar-refractivity contribution in [3.8, 4) is 5.75 Å². The van der Waals surface area contributed by atoms with Gasteiger partial charge in [0.15, 0.2) is 0 Å². The Balaban J connectivity index is 1.74. The van der Waals surface area contributed by atoms with E-state index in [0.717, 1.165) is 16.8 Å². The summed E-state index contributed by atoms with van der Waals surface area (Å²) >= 11 is 0. The number of H-pyrrole nitrogens is 1. The third-order valence-corrected chi connectivity index (χ3v) is 5.36. The fraction of sp³-hybridized carbons (Fsp3) is 0.273. The van der Waals surface area contributed by atoms with E-state index in [2.05, 4.69) is 20.5 Å². The van der Waals surface area contributed by atoms with Crippen LogP contribution < -0.4 is 15.0 Å². The molecule has 154 valence electrons. The van der Waals surface area contributed by atoms with E-state index in [-0.39, 0.29) is 24.2 Å². The number of aromatic amines is 1. The van der Waals surface area contributed by atoms with E-state index in [9.17, 15) is 9.59 Å². The quantitative estimate of drug-likeness (QED) is 0.679. The number of anilines is 2. The zero-order chi connectivity index (χ0) is 21.1. The van der Waals surface area contributed by atoms with Gasteiger partial charge in [0.25, 0.3) is 0 Å². The van der Waals surface area contributed by atoms with E-state index >= 15 is 0 Å². The molecule has 2 unspecified atom stereocenters. The van der Waals surface area contributed by atoms with Crippen molar-refractivity contribution in [2.24, 2.45) is 5.92 Å². The Morgan fingerprint density at radius 1 is 1.17 bits per heavy atom. The third kappa shape index (κ3) is 3.89. The van der Waals surface area contributed by atoms with E-state index in [1.54, 1.807) is 12.0 Å². The molecule has 2 atom stereocenters. The van der Waals surface area contributed by atoms with Crippen molar-refractivity contribution in [2.45, 2.75) is 25.8 Å². The number of benzene rings is 2. The van der Waals surface area contributed by atoms with Gasteiger partial charge in [0.05, 0.1) is 19.1 Å². The molecule has 2 heterocycles. The van der Waals surface area contributed by atoms with Crippen LogP contribution in [0.25, 0.3) is 0 Å². The number of aryl methyl sites for hydroxylation is 1. The molecule has 2 amide bonds. The maximum atomic E-state index is 13.1. The van der Waals surface area contributed by atoms with Gasteiger partial charge in [0.2, 0.25) is 17.8 Å². The molecule has 0 aliphatic carbocycles. The molecule has 1 fully saturated rings. The Kier molecular flexibility index (Phi) is 5.47. The Morgan fingerprint density at radius 2 is 1.90 bits per heavy atom. The molecule has 30 heavy (non-hydrogen) atoms. The van der Waals surface area contributed by atoms with Gasteiger partial charge in [0.1, 0.15) is 12.1 Å². The van der Waals surface area contributed by atoms with Crippen LogP contribution >= 0.6 is 0 Å².